The molecule has 0 aliphatic heterocycles. The lowest BCUT2D eigenvalue weighted by Crippen LogP contribution is -1.96. The Balaban J connectivity index is 2.35. The lowest BCUT2D eigenvalue weighted by Gasteiger charge is -2.00. The molecule has 0 saturated heterocycles. The Morgan fingerprint density at radius 2 is 2.11 bits per heavy atom. The summed E-state index contributed by atoms with van der Waals surface area (Å²) >= 11 is 0. The first-order valence-electron chi connectivity index (χ1n) is 5.57. The minimum Gasteiger partial charge on any atom is -0.497 e. The smallest absolute Gasteiger partial charge is 0.232 e. The maximum Gasteiger partial charge on any atom is 0.232 e. The number of nitriles is 1. The third-order valence-electron chi connectivity index (χ3n) is 2.41. The molecule has 0 aliphatic rings. The molecule has 1 N–H and O–H groups in total. The van der Waals surface area contributed by atoms with Crippen molar-refractivity contribution in [2.75, 3.05) is 19.0 Å². The maximum absolute atomic E-state index is 8.95. The number of aromatic nitrogens is 1. The topological polar surface area (TPSA) is 71.1 Å². The summed E-state index contributed by atoms with van der Waals surface area (Å²) in [6.45, 7) is 2.60. The molecule has 0 bridgehead atoms. The van der Waals surface area contributed by atoms with Crippen molar-refractivity contribution in [1.29, 1.82) is 5.26 Å². The molecule has 5 nitrogen and oxygen atoms in total. The predicted octanol–water partition coefficient (Wildman–Crippen LogP) is 2.65. The van der Waals surface area contributed by atoms with Gasteiger partial charge in [-0.15, -0.1) is 0 Å². The Morgan fingerprint density at radius 1 is 1.39 bits per heavy atom. The number of anilines is 1. The lowest BCUT2D eigenvalue weighted by molar-refractivity contribution is 0.415. The van der Waals surface area contributed by atoms with Crippen molar-refractivity contribution in [2.24, 2.45) is 0 Å². The number of ether oxygens (including phenoxy) is 1. The highest BCUT2D eigenvalue weighted by Crippen LogP contribution is 2.26. The van der Waals surface area contributed by atoms with E-state index in [0.29, 0.717) is 18.3 Å². The van der Waals surface area contributed by atoms with E-state index in [1.807, 2.05) is 37.3 Å². The lowest BCUT2D eigenvalue weighted by atomic mass is 10.2. The van der Waals surface area contributed by atoms with Gasteiger partial charge in [0.05, 0.1) is 7.11 Å². The van der Waals surface area contributed by atoms with Crippen LogP contribution in [0.1, 0.15) is 12.6 Å². The third-order valence-corrected chi connectivity index (χ3v) is 2.41. The van der Waals surface area contributed by atoms with Crippen LogP contribution in [0.5, 0.6) is 5.75 Å². The van der Waals surface area contributed by atoms with E-state index in [9.17, 15) is 0 Å². The predicted molar refractivity (Wildman–Crippen MR) is 67.4 cm³/mol. The van der Waals surface area contributed by atoms with Gasteiger partial charge < -0.3 is 14.5 Å². The number of benzene rings is 1. The van der Waals surface area contributed by atoms with Crippen LogP contribution in [0.15, 0.2) is 28.7 Å². The number of oxazole rings is 1. The molecule has 5 heteroatoms. The second-order valence-electron chi connectivity index (χ2n) is 3.57. The van der Waals surface area contributed by atoms with E-state index in [0.717, 1.165) is 11.3 Å². The highest BCUT2D eigenvalue weighted by molar-refractivity contribution is 5.59. The number of rotatable bonds is 4. The van der Waals surface area contributed by atoms with Gasteiger partial charge in [-0.05, 0) is 31.2 Å². The van der Waals surface area contributed by atoms with Crippen LogP contribution in [0.4, 0.5) is 5.88 Å². The van der Waals surface area contributed by atoms with Crippen LogP contribution in [0.25, 0.3) is 11.5 Å². The van der Waals surface area contributed by atoms with Crippen LogP contribution in [0.2, 0.25) is 0 Å². The van der Waals surface area contributed by atoms with Gasteiger partial charge in [0.2, 0.25) is 17.5 Å². The summed E-state index contributed by atoms with van der Waals surface area (Å²) in [6, 6.07) is 9.31. The molecule has 0 unspecified atom stereocenters. The standard InChI is InChI=1S/C13H13N3O2/c1-3-15-13-11(8-14)16-12(18-13)9-4-6-10(17-2)7-5-9/h4-7,15H,3H2,1-2H3. The fourth-order valence-corrected chi connectivity index (χ4v) is 1.53. The van der Waals surface area contributed by atoms with Gasteiger partial charge in [-0.3, -0.25) is 0 Å². The van der Waals surface area contributed by atoms with Crippen molar-refractivity contribution in [2.45, 2.75) is 6.92 Å². The van der Waals surface area contributed by atoms with E-state index >= 15 is 0 Å². The fourth-order valence-electron chi connectivity index (χ4n) is 1.53. The van der Waals surface area contributed by atoms with Gasteiger partial charge in [0, 0.05) is 12.1 Å². The molecule has 0 saturated carbocycles. The van der Waals surface area contributed by atoms with Gasteiger partial charge >= 0.3 is 0 Å². The molecule has 2 rings (SSSR count). The van der Waals surface area contributed by atoms with Gasteiger partial charge in [0.15, 0.2) is 0 Å². The average Bonchev–Trinajstić information content (AvgIpc) is 2.82. The number of nitrogens with one attached hydrogen (secondary N) is 1. The van der Waals surface area contributed by atoms with Crippen molar-refractivity contribution < 1.29 is 9.15 Å². The molecule has 0 aliphatic carbocycles. The van der Waals surface area contributed by atoms with Gasteiger partial charge in [-0.2, -0.15) is 10.2 Å². The van der Waals surface area contributed by atoms with E-state index < -0.39 is 0 Å². The minimum atomic E-state index is 0.266. The van der Waals surface area contributed by atoms with E-state index in [2.05, 4.69) is 10.3 Å². The number of methoxy groups -OCH3 is 1. The summed E-state index contributed by atoms with van der Waals surface area (Å²) in [5, 5.41) is 11.9. The van der Waals surface area contributed by atoms with E-state index in [4.69, 9.17) is 14.4 Å². The molecule has 0 atom stereocenters. The molecule has 2 aromatic rings. The Bertz CT molecular complexity index is 567. The second-order valence-corrected chi connectivity index (χ2v) is 3.57. The quantitative estimate of drug-likeness (QED) is 0.893. The highest BCUT2D eigenvalue weighted by atomic mass is 16.5. The zero-order valence-corrected chi connectivity index (χ0v) is 10.2. The Hall–Kier alpha value is -2.48. The van der Waals surface area contributed by atoms with Crippen molar-refractivity contribution >= 4 is 5.88 Å². The fraction of sp³-hybridized carbons (Fsp3) is 0.231. The molecular weight excluding hydrogens is 230 g/mol. The van der Waals surface area contributed by atoms with Gasteiger partial charge in [-0.25, -0.2) is 0 Å². The average molecular weight is 243 g/mol. The zero-order valence-electron chi connectivity index (χ0n) is 10.2. The van der Waals surface area contributed by atoms with Crippen molar-refractivity contribution in [3.05, 3.63) is 30.0 Å². The molecule has 0 spiro atoms. The minimum absolute atomic E-state index is 0.266. The van der Waals surface area contributed by atoms with Crippen LogP contribution in [-0.4, -0.2) is 18.6 Å². The Kier molecular flexibility index (Phi) is 3.49. The van der Waals surface area contributed by atoms with Crippen LogP contribution < -0.4 is 10.1 Å². The third kappa shape index (κ3) is 2.28. The van der Waals surface area contributed by atoms with Crippen LogP contribution >= 0.6 is 0 Å². The van der Waals surface area contributed by atoms with Crippen molar-refractivity contribution in [1.82, 2.24) is 4.98 Å². The maximum atomic E-state index is 8.95. The zero-order chi connectivity index (χ0) is 13.0. The highest BCUT2D eigenvalue weighted by Gasteiger charge is 2.13. The molecule has 1 heterocycles. The molecule has 1 aromatic carbocycles. The van der Waals surface area contributed by atoms with Crippen molar-refractivity contribution in [3.63, 3.8) is 0 Å². The number of hydrogen-bond donors (Lipinski definition) is 1. The number of nitrogens with zero attached hydrogens (tertiary/aromatic N) is 2. The summed E-state index contributed by atoms with van der Waals surface area (Å²) < 4.78 is 10.6. The molecular formula is C13H13N3O2. The van der Waals surface area contributed by atoms with Gasteiger partial charge in [0.1, 0.15) is 11.8 Å². The molecule has 0 fully saturated rings. The largest absolute Gasteiger partial charge is 0.497 e. The summed E-state index contributed by atoms with van der Waals surface area (Å²) in [5.74, 6) is 1.59. The number of hydrogen-bond acceptors (Lipinski definition) is 5. The molecule has 92 valence electrons. The summed E-state index contributed by atoms with van der Waals surface area (Å²) in [4.78, 5) is 4.14. The summed E-state index contributed by atoms with van der Waals surface area (Å²) in [5.41, 5.74) is 1.07. The van der Waals surface area contributed by atoms with E-state index in [1.54, 1.807) is 7.11 Å². The first-order chi connectivity index (χ1) is 8.78. The van der Waals surface area contributed by atoms with Crippen LogP contribution in [-0.2, 0) is 0 Å². The first-order valence-corrected chi connectivity index (χ1v) is 5.57. The normalized spacial score (nSPS) is 9.83. The van der Waals surface area contributed by atoms with Gasteiger partial charge in [-0.1, -0.05) is 0 Å². The molecule has 0 amide bonds. The van der Waals surface area contributed by atoms with Crippen molar-refractivity contribution in [3.8, 4) is 23.3 Å². The first kappa shape index (κ1) is 12.0. The molecule has 0 radical (unpaired) electrons. The van der Waals surface area contributed by atoms with Crippen LogP contribution in [0, 0.1) is 11.3 Å². The van der Waals surface area contributed by atoms with Crippen LogP contribution in [0.3, 0.4) is 0 Å². The summed E-state index contributed by atoms with van der Waals surface area (Å²) in [6.07, 6.45) is 0. The summed E-state index contributed by atoms with van der Waals surface area (Å²) in [7, 11) is 1.61. The Morgan fingerprint density at radius 3 is 2.67 bits per heavy atom. The Labute approximate surface area is 105 Å². The SMILES string of the molecule is CCNc1oc(-c2ccc(OC)cc2)nc1C#N. The monoisotopic (exact) mass is 243 g/mol. The second kappa shape index (κ2) is 5.23. The van der Waals surface area contributed by atoms with E-state index in [1.165, 1.54) is 0 Å². The van der Waals surface area contributed by atoms with Gasteiger partial charge in [0.25, 0.3) is 0 Å². The molecule has 18 heavy (non-hydrogen) atoms. The van der Waals surface area contributed by atoms with E-state index in [-0.39, 0.29) is 5.69 Å². The molecule has 1 aromatic heterocycles.